The fourth-order valence-electron chi connectivity index (χ4n) is 2.67. The summed E-state index contributed by atoms with van der Waals surface area (Å²) in [5.74, 6) is 1.03. The van der Waals surface area contributed by atoms with Gasteiger partial charge in [-0.1, -0.05) is 47.6 Å². The Kier molecular flexibility index (Phi) is 4.47. The van der Waals surface area contributed by atoms with Gasteiger partial charge >= 0.3 is 0 Å². The van der Waals surface area contributed by atoms with Crippen molar-refractivity contribution in [2.24, 2.45) is 0 Å². The molecule has 4 heteroatoms. The Balaban J connectivity index is 2.07. The van der Waals surface area contributed by atoms with Crippen LogP contribution >= 0.6 is 0 Å². The zero-order valence-corrected chi connectivity index (χ0v) is 16.7. The molecule has 1 aromatic carbocycles. The maximum absolute atomic E-state index is 5.97. The second kappa shape index (κ2) is 6.35. The molecule has 0 spiro atoms. The lowest BCUT2D eigenvalue weighted by atomic mass is 9.79. The molecule has 0 fully saturated rings. The van der Waals surface area contributed by atoms with Crippen LogP contribution in [0.5, 0.6) is 0 Å². The number of aromatic nitrogens is 3. The molecule has 0 amide bonds. The third kappa shape index (κ3) is 3.85. The van der Waals surface area contributed by atoms with Crippen molar-refractivity contribution in [3.63, 3.8) is 0 Å². The molecule has 0 aliphatic rings. The zero-order chi connectivity index (χ0) is 19.1. The SMILES string of the molecule is Cc1ccc(-c2nnc(-c3cc(C(C)(C)C)cc(C(C)(C)C)c3)o2)cn1. The van der Waals surface area contributed by atoms with Gasteiger partial charge in [0.25, 0.3) is 0 Å². The van der Waals surface area contributed by atoms with E-state index in [9.17, 15) is 0 Å². The Bertz CT molecular complexity index is 878. The highest BCUT2D eigenvalue weighted by Crippen LogP contribution is 2.34. The highest BCUT2D eigenvalue weighted by molar-refractivity contribution is 5.60. The summed E-state index contributed by atoms with van der Waals surface area (Å²) in [6.45, 7) is 15.3. The Morgan fingerprint density at radius 2 is 1.27 bits per heavy atom. The van der Waals surface area contributed by atoms with Gasteiger partial charge in [-0.3, -0.25) is 4.98 Å². The maximum atomic E-state index is 5.97. The van der Waals surface area contributed by atoms with E-state index in [1.165, 1.54) is 11.1 Å². The molecule has 0 atom stereocenters. The second-order valence-corrected chi connectivity index (χ2v) is 8.90. The van der Waals surface area contributed by atoms with Crippen LogP contribution in [0.2, 0.25) is 0 Å². The molecule has 0 unspecified atom stereocenters. The van der Waals surface area contributed by atoms with Gasteiger partial charge in [0, 0.05) is 17.5 Å². The number of nitrogens with zero attached hydrogens (tertiary/aromatic N) is 3. The fraction of sp³-hybridized carbons (Fsp3) is 0.409. The molecule has 3 aromatic rings. The van der Waals surface area contributed by atoms with Crippen LogP contribution < -0.4 is 0 Å². The number of benzene rings is 1. The van der Waals surface area contributed by atoms with E-state index >= 15 is 0 Å². The molecule has 4 nitrogen and oxygen atoms in total. The van der Waals surface area contributed by atoms with E-state index in [-0.39, 0.29) is 10.8 Å². The summed E-state index contributed by atoms with van der Waals surface area (Å²) in [5.41, 5.74) is 5.35. The fourth-order valence-corrected chi connectivity index (χ4v) is 2.67. The minimum Gasteiger partial charge on any atom is -0.416 e. The summed E-state index contributed by atoms with van der Waals surface area (Å²) in [5, 5.41) is 8.51. The Labute approximate surface area is 155 Å². The molecule has 136 valence electrons. The van der Waals surface area contributed by atoms with Crippen molar-refractivity contribution < 1.29 is 4.42 Å². The summed E-state index contributed by atoms with van der Waals surface area (Å²) in [4.78, 5) is 4.30. The zero-order valence-electron chi connectivity index (χ0n) is 16.7. The Morgan fingerprint density at radius 1 is 0.731 bits per heavy atom. The predicted octanol–water partition coefficient (Wildman–Crippen LogP) is 5.70. The average molecular weight is 349 g/mol. The average Bonchev–Trinajstić information content (AvgIpc) is 3.03. The van der Waals surface area contributed by atoms with E-state index < -0.39 is 0 Å². The molecule has 0 saturated heterocycles. The molecule has 0 radical (unpaired) electrons. The molecule has 2 aromatic heterocycles. The number of hydrogen-bond acceptors (Lipinski definition) is 4. The summed E-state index contributed by atoms with van der Waals surface area (Å²) >= 11 is 0. The molecule has 0 aliphatic heterocycles. The van der Waals surface area contributed by atoms with Gasteiger partial charge in [-0.2, -0.15) is 0 Å². The van der Waals surface area contributed by atoms with Crippen LogP contribution in [-0.2, 0) is 10.8 Å². The number of rotatable bonds is 2. The molecule has 2 heterocycles. The number of aryl methyl sites for hydroxylation is 1. The van der Waals surface area contributed by atoms with E-state index in [4.69, 9.17) is 4.42 Å². The summed E-state index contributed by atoms with van der Waals surface area (Å²) < 4.78 is 5.97. The van der Waals surface area contributed by atoms with Crippen LogP contribution in [0.15, 0.2) is 40.9 Å². The highest BCUT2D eigenvalue weighted by atomic mass is 16.4. The van der Waals surface area contributed by atoms with Crippen molar-refractivity contribution in [2.75, 3.05) is 0 Å². The van der Waals surface area contributed by atoms with Crippen LogP contribution in [0, 0.1) is 6.92 Å². The number of hydrogen-bond donors (Lipinski definition) is 0. The minimum atomic E-state index is 0.0414. The van der Waals surface area contributed by atoms with Crippen molar-refractivity contribution in [2.45, 2.75) is 59.3 Å². The first kappa shape index (κ1) is 18.3. The van der Waals surface area contributed by atoms with Gasteiger partial charge in [-0.05, 0) is 53.1 Å². The van der Waals surface area contributed by atoms with Crippen LogP contribution in [0.4, 0.5) is 0 Å². The molecule has 0 N–H and O–H groups in total. The normalized spacial score (nSPS) is 12.4. The van der Waals surface area contributed by atoms with Gasteiger partial charge in [0.2, 0.25) is 11.8 Å². The summed E-state index contributed by atoms with van der Waals surface area (Å²) in [6.07, 6.45) is 1.76. The molecule has 3 rings (SSSR count). The molecule has 0 saturated carbocycles. The first-order chi connectivity index (χ1) is 12.0. The topological polar surface area (TPSA) is 51.8 Å². The molecule has 0 bridgehead atoms. The van der Waals surface area contributed by atoms with Gasteiger partial charge in [0.05, 0.1) is 5.56 Å². The second-order valence-electron chi connectivity index (χ2n) is 8.90. The van der Waals surface area contributed by atoms with E-state index in [1.807, 2.05) is 19.1 Å². The molecular weight excluding hydrogens is 322 g/mol. The van der Waals surface area contributed by atoms with Crippen molar-refractivity contribution in [1.29, 1.82) is 0 Å². The molecule has 0 aliphatic carbocycles. The van der Waals surface area contributed by atoms with E-state index in [0.717, 1.165) is 16.8 Å². The largest absolute Gasteiger partial charge is 0.416 e. The molecule has 26 heavy (non-hydrogen) atoms. The predicted molar refractivity (Wildman–Crippen MR) is 105 cm³/mol. The van der Waals surface area contributed by atoms with Gasteiger partial charge in [-0.25, -0.2) is 0 Å². The van der Waals surface area contributed by atoms with Crippen molar-refractivity contribution in [1.82, 2.24) is 15.2 Å². The van der Waals surface area contributed by atoms with Gasteiger partial charge in [-0.15, -0.1) is 10.2 Å². The monoisotopic (exact) mass is 349 g/mol. The van der Waals surface area contributed by atoms with Gasteiger partial charge in [0.1, 0.15) is 0 Å². The summed E-state index contributed by atoms with van der Waals surface area (Å²) in [7, 11) is 0. The van der Waals surface area contributed by atoms with Crippen LogP contribution in [0.25, 0.3) is 22.9 Å². The quantitative estimate of drug-likeness (QED) is 0.595. The summed E-state index contributed by atoms with van der Waals surface area (Å²) in [6, 6.07) is 10.5. The smallest absolute Gasteiger partial charge is 0.249 e. The van der Waals surface area contributed by atoms with Crippen molar-refractivity contribution in [3.05, 3.63) is 53.3 Å². The Hall–Kier alpha value is -2.49. The maximum Gasteiger partial charge on any atom is 0.249 e. The van der Waals surface area contributed by atoms with Gasteiger partial charge < -0.3 is 4.42 Å². The highest BCUT2D eigenvalue weighted by Gasteiger charge is 2.22. The van der Waals surface area contributed by atoms with Crippen LogP contribution in [0.1, 0.15) is 58.4 Å². The van der Waals surface area contributed by atoms with E-state index in [0.29, 0.717) is 11.8 Å². The first-order valence-corrected chi connectivity index (χ1v) is 8.97. The lowest BCUT2D eigenvalue weighted by Crippen LogP contribution is -2.16. The third-order valence-corrected chi connectivity index (χ3v) is 4.50. The van der Waals surface area contributed by atoms with Gasteiger partial charge in [0.15, 0.2) is 0 Å². The third-order valence-electron chi connectivity index (χ3n) is 4.50. The van der Waals surface area contributed by atoms with Crippen molar-refractivity contribution in [3.8, 4) is 22.9 Å². The Morgan fingerprint density at radius 3 is 1.73 bits per heavy atom. The first-order valence-electron chi connectivity index (χ1n) is 8.97. The minimum absolute atomic E-state index is 0.0414. The molecular formula is C22H27N3O. The van der Waals surface area contributed by atoms with E-state index in [2.05, 4.69) is 74.9 Å². The lowest BCUT2D eigenvalue weighted by molar-refractivity contribution is 0.564. The standard InChI is InChI=1S/C22H27N3O/c1-14-8-9-15(13-23-14)19-24-25-20(26-19)16-10-17(21(2,3)4)12-18(11-16)22(5,6)7/h8-13H,1-7H3. The number of pyridine rings is 1. The van der Waals surface area contributed by atoms with Crippen LogP contribution in [-0.4, -0.2) is 15.2 Å². The lowest BCUT2D eigenvalue weighted by Gasteiger charge is -2.25. The van der Waals surface area contributed by atoms with Crippen LogP contribution in [0.3, 0.4) is 0 Å². The van der Waals surface area contributed by atoms with E-state index in [1.54, 1.807) is 6.20 Å². The van der Waals surface area contributed by atoms with Crippen molar-refractivity contribution >= 4 is 0 Å².